The van der Waals surface area contributed by atoms with E-state index < -0.39 is 144 Å². The third-order valence-corrected chi connectivity index (χ3v) is 21.9. The number of hydrogen-bond donors (Lipinski definition) is 0. The standard InChI is InChI=1S/C67H82O28S5/c1-38(2)13-11-14-40(4)48-20-21-49-47-19-18-44-35-45(23-25-66(44,6)50(47)24-26-67(48,49)7)85-27-9-8-10-28-86-53-34-43(17-22-51(53)92-97(73,74)75)63-64(94-99(79,80)81)60(68)58-54(31-39(3)32-56(58)89-63)87-29-12-30-88-55-36-46(91-96(70,71)72)37-57-59(55)61(69)65(95-100(82,83)84)62(90-57)42-16-15-41(5)52(33-42)93-98(76,77)78/h15-18,22,31-34,36-38,40,45,47-50H,8-14,19-21,23-30,35H2,1-7H3,(H,70,71,72)(H,73,74,75)(H,76,77,78)(H,79,80,81)(H,82,83,84)/p-5/t40-,45?,47+,48-,49+,50+,66+,67-/m1/s1. The first-order valence-corrected chi connectivity index (χ1v) is 39.4. The Morgan fingerprint density at radius 1 is 0.530 bits per heavy atom. The molecule has 0 radical (unpaired) electrons. The van der Waals surface area contributed by atoms with Crippen LogP contribution in [0.3, 0.4) is 0 Å². The Bertz CT molecular complexity index is 4830. The summed E-state index contributed by atoms with van der Waals surface area (Å²) in [6, 6.07) is 10.2. The van der Waals surface area contributed by atoms with Gasteiger partial charge in [-0.05, 0) is 178 Å². The van der Waals surface area contributed by atoms with E-state index in [9.17, 15) is 74.4 Å². The summed E-state index contributed by atoms with van der Waals surface area (Å²) in [5.41, 5.74) is -1.93. The monoisotopic (exact) mass is 1490 g/mol. The lowest BCUT2D eigenvalue weighted by atomic mass is 9.47. The number of rotatable bonds is 31. The lowest BCUT2D eigenvalue weighted by molar-refractivity contribution is -0.0641. The normalized spacial score (nSPS) is 22.1. The smallest absolute Gasteiger partial charge is 0.262 e. The summed E-state index contributed by atoms with van der Waals surface area (Å²) < 4.78 is 237. The van der Waals surface area contributed by atoms with E-state index in [-0.39, 0.29) is 52.8 Å². The minimum atomic E-state index is -5.83. The molecule has 33 heteroatoms. The van der Waals surface area contributed by atoms with Gasteiger partial charge >= 0.3 is 0 Å². The summed E-state index contributed by atoms with van der Waals surface area (Å²) in [6.07, 6.45) is 17.4. The highest BCUT2D eigenvalue weighted by Crippen LogP contribution is 2.67. The molecular weight excluding hydrogens is 1410 g/mol. The topological polar surface area (TPSA) is 429 Å². The molecule has 3 saturated carbocycles. The number of allylic oxidation sites excluding steroid dienone is 1. The zero-order valence-electron chi connectivity index (χ0n) is 55.8. The van der Waals surface area contributed by atoms with Gasteiger partial charge in [-0.2, -0.15) is 0 Å². The van der Waals surface area contributed by atoms with Crippen molar-refractivity contribution in [3.8, 4) is 68.6 Å². The fourth-order valence-corrected chi connectivity index (χ4v) is 17.5. The van der Waals surface area contributed by atoms with E-state index in [1.54, 1.807) is 6.92 Å². The second kappa shape index (κ2) is 29.7. The Hall–Kier alpha value is -7.05. The van der Waals surface area contributed by atoms with Crippen molar-refractivity contribution in [2.45, 2.75) is 151 Å². The fourth-order valence-electron chi connectivity index (χ4n) is 15.7. The molecule has 3 fully saturated rings. The van der Waals surface area contributed by atoms with Crippen LogP contribution in [0.15, 0.2) is 90.7 Å². The van der Waals surface area contributed by atoms with Crippen LogP contribution in [0.4, 0.5) is 0 Å². The molecular formula is C67H77O28S5-5. The molecule has 0 saturated heterocycles. The summed E-state index contributed by atoms with van der Waals surface area (Å²) in [6.45, 7) is 14.5. The lowest BCUT2D eigenvalue weighted by Crippen LogP contribution is -2.51. The van der Waals surface area contributed by atoms with Crippen molar-refractivity contribution in [1.82, 2.24) is 0 Å². The zero-order valence-corrected chi connectivity index (χ0v) is 59.9. The fraction of sp³-hybridized carbons (Fsp3) is 0.522. The molecule has 4 aliphatic rings. The third-order valence-electron chi connectivity index (χ3n) is 20.0. The molecule has 2 aromatic heterocycles. The largest absolute Gasteiger partial charge is 0.716 e. The number of hydrogen-bond acceptors (Lipinski definition) is 28. The summed E-state index contributed by atoms with van der Waals surface area (Å²) in [5.74, 6) is -3.10. The first kappa shape index (κ1) is 75.6. The minimum absolute atomic E-state index is 0.0210. The third kappa shape index (κ3) is 18.0. The van der Waals surface area contributed by atoms with Crippen LogP contribution < -0.4 is 46.0 Å². The number of aryl methyl sites for hydroxylation is 2. The van der Waals surface area contributed by atoms with Gasteiger partial charge in [0, 0.05) is 36.3 Å². The minimum Gasteiger partial charge on any atom is -0.716 e. The van der Waals surface area contributed by atoms with Gasteiger partial charge in [0.25, 0.3) is 52.0 Å². The molecule has 2 heterocycles. The van der Waals surface area contributed by atoms with E-state index >= 15 is 0 Å². The van der Waals surface area contributed by atoms with Crippen LogP contribution in [0.2, 0.25) is 0 Å². The van der Waals surface area contributed by atoms with Crippen molar-refractivity contribution in [3.05, 3.63) is 104 Å². The summed E-state index contributed by atoms with van der Waals surface area (Å²) in [5, 5.41) is -1.24. The molecule has 4 aliphatic carbocycles. The van der Waals surface area contributed by atoms with Crippen LogP contribution in [-0.2, 0) is 56.7 Å². The van der Waals surface area contributed by atoms with Gasteiger partial charge in [0.15, 0.2) is 23.0 Å². The Morgan fingerprint density at radius 3 is 1.69 bits per heavy atom. The Kier molecular flexibility index (Phi) is 22.5. The van der Waals surface area contributed by atoms with Gasteiger partial charge in [-0.1, -0.05) is 77.7 Å². The summed E-state index contributed by atoms with van der Waals surface area (Å²) in [7, 11) is -28.0. The molecule has 0 bridgehead atoms. The maximum Gasteiger partial charge on any atom is 0.262 e. The van der Waals surface area contributed by atoms with E-state index in [0.717, 1.165) is 91.7 Å². The van der Waals surface area contributed by atoms with Crippen LogP contribution in [0, 0.1) is 60.2 Å². The molecule has 10 rings (SSSR count). The highest BCUT2D eigenvalue weighted by Gasteiger charge is 2.59. The maximum absolute atomic E-state index is 14.5. The predicted octanol–water partition coefficient (Wildman–Crippen LogP) is 10.9. The molecule has 6 aromatic rings. The van der Waals surface area contributed by atoms with Crippen LogP contribution >= 0.6 is 0 Å². The van der Waals surface area contributed by atoms with Crippen molar-refractivity contribution < 1.29 is 114 Å². The van der Waals surface area contributed by atoms with E-state index in [2.05, 4.69) is 57.4 Å². The molecule has 100 heavy (non-hydrogen) atoms. The molecule has 1 unspecified atom stereocenters. The van der Waals surface area contributed by atoms with E-state index in [4.69, 9.17) is 32.0 Å². The quantitative estimate of drug-likeness (QED) is 0.0169. The average Bonchev–Trinajstić information content (AvgIpc) is 1.47. The molecule has 8 atom stereocenters. The van der Waals surface area contributed by atoms with Crippen molar-refractivity contribution >= 4 is 73.9 Å². The SMILES string of the molecule is Cc1cc(OCCCOc2cc(OS(=O)(=O)[O-])cc3oc(-c4ccc(C)c(OS(=O)(=O)[O-])c4)c(OS(=O)(=O)[O-])c(=O)c23)c2c(=O)c(OS(=O)(=O)[O-])c(-c3ccc(OS(=O)(=O)[O-])c(OCCCCCOC4CC[C@@]5(C)C(=CC[C@H]6[C@@H]7CC[C@H]([C@H](C)CCCC(C)C)[C@@]7(C)CC[C@@H]65)C4)c3)oc2c1. The predicted molar refractivity (Wildman–Crippen MR) is 355 cm³/mol. The first-order valence-electron chi connectivity index (χ1n) is 32.7. The Labute approximate surface area is 580 Å². The highest BCUT2D eigenvalue weighted by molar-refractivity contribution is 7.82. The average molecular weight is 1490 g/mol. The highest BCUT2D eigenvalue weighted by atomic mass is 32.3. The van der Waals surface area contributed by atoms with Gasteiger partial charge in [-0.25, -0.2) is 42.1 Å². The van der Waals surface area contributed by atoms with Gasteiger partial charge in [0.2, 0.25) is 22.4 Å². The molecule has 0 aliphatic heterocycles. The zero-order chi connectivity index (χ0) is 72.7. The van der Waals surface area contributed by atoms with Crippen molar-refractivity contribution in [3.63, 3.8) is 0 Å². The second-order valence-corrected chi connectivity index (χ2v) is 32.1. The summed E-state index contributed by atoms with van der Waals surface area (Å²) >= 11 is 0. The lowest BCUT2D eigenvalue weighted by Gasteiger charge is -2.58. The number of unbranched alkanes of at least 4 members (excludes halogenated alkanes) is 2. The molecule has 548 valence electrons. The Balaban J connectivity index is 0.811. The van der Waals surface area contributed by atoms with Crippen LogP contribution in [-0.4, -0.2) is 97.4 Å². The molecule has 0 spiro atoms. The van der Waals surface area contributed by atoms with E-state index in [1.807, 2.05) is 0 Å². The number of benzene rings is 4. The van der Waals surface area contributed by atoms with Gasteiger partial charge < -0.3 is 71.5 Å². The van der Waals surface area contributed by atoms with Gasteiger partial charge in [-0.15, -0.1) is 0 Å². The van der Waals surface area contributed by atoms with Crippen molar-refractivity contribution in [1.29, 1.82) is 0 Å². The Morgan fingerprint density at radius 2 is 1.08 bits per heavy atom. The molecule has 0 amide bonds. The van der Waals surface area contributed by atoms with Crippen molar-refractivity contribution in [2.75, 3.05) is 26.4 Å². The van der Waals surface area contributed by atoms with Crippen LogP contribution in [0.1, 0.15) is 142 Å². The van der Waals surface area contributed by atoms with Crippen LogP contribution in [0.25, 0.3) is 44.6 Å². The molecule has 28 nitrogen and oxygen atoms in total. The summed E-state index contributed by atoms with van der Waals surface area (Å²) in [4.78, 5) is 28.6. The van der Waals surface area contributed by atoms with Gasteiger partial charge in [0.1, 0.15) is 44.9 Å². The van der Waals surface area contributed by atoms with E-state index in [1.165, 1.54) is 69.6 Å². The van der Waals surface area contributed by atoms with Crippen LogP contribution in [0.5, 0.6) is 46.0 Å². The first-order chi connectivity index (χ1) is 46.8. The van der Waals surface area contributed by atoms with Gasteiger partial charge in [-0.3, -0.25) is 9.59 Å². The second-order valence-electron chi connectivity index (χ2n) is 27.2. The number of fused-ring (bicyclic) bond motifs is 7. The van der Waals surface area contributed by atoms with Gasteiger partial charge in [0.05, 0.1) is 25.9 Å². The number of ether oxygens (including phenoxy) is 4. The van der Waals surface area contributed by atoms with Crippen molar-refractivity contribution in [2.24, 2.45) is 46.3 Å². The molecule has 0 N–H and O–H groups in total. The maximum atomic E-state index is 14.5. The molecule has 4 aromatic carbocycles. The van der Waals surface area contributed by atoms with E-state index in [0.29, 0.717) is 54.9 Å².